The van der Waals surface area contributed by atoms with Crippen LogP contribution in [0.25, 0.3) is 0 Å². The molecule has 0 radical (unpaired) electrons. The maximum atomic E-state index is 5.52. The lowest BCUT2D eigenvalue weighted by molar-refractivity contribution is -0.133. The highest BCUT2D eigenvalue weighted by molar-refractivity contribution is 4.73. The molecular weight excluding hydrogens is 226 g/mol. The molecule has 1 aliphatic carbocycles. The fourth-order valence-electron chi connectivity index (χ4n) is 2.79. The quantitative estimate of drug-likeness (QED) is 0.643. The van der Waals surface area contributed by atoms with Crippen LogP contribution >= 0.6 is 0 Å². The molecule has 3 nitrogen and oxygen atoms in total. The predicted octanol–water partition coefficient (Wildman–Crippen LogP) is 3.19. The average molecular weight is 257 g/mol. The van der Waals surface area contributed by atoms with E-state index in [2.05, 4.69) is 12.2 Å². The Bertz CT molecular complexity index is 185. The van der Waals surface area contributed by atoms with E-state index in [1.54, 1.807) is 0 Å². The predicted molar refractivity (Wildman–Crippen MR) is 75.6 cm³/mol. The highest BCUT2D eigenvalue weighted by Crippen LogP contribution is 2.29. The van der Waals surface area contributed by atoms with Gasteiger partial charge in [0.2, 0.25) is 0 Å². The minimum Gasteiger partial charge on any atom is -0.352 e. The van der Waals surface area contributed by atoms with Gasteiger partial charge in [-0.25, -0.2) is 0 Å². The van der Waals surface area contributed by atoms with Gasteiger partial charge < -0.3 is 14.8 Å². The molecule has 1 fully saturated rings. The van der Waals surface area contributed by atoms with Gasteiger partial charge in [-0.3, -0.25) is 0 Å². The third kappa shape index (κ3) is 6.17. The molecule has 0 heterocycles. The van der Waals surface area contributed by atoms with E-state index in [4.69, 9.17) is 9.47 Å². The molecule has 0 aromatic rings. The Balaban J connectivity index is 2.09. The molecular formula is C15H31NO2. The topological polar surface area (TPSA) is 30.5 Å². The van der Waals surface area contributed by atoms with Crippen LogP contribution in [0.15, 0.2) is 0 Å². The third-order valence-electron chi connectivity index (χ3n) is 3.99. The van der Waals surface area contributed by atoms with Crippen molar-refractivity contribution < 1.29 is 9.47 Å². The Morgan fingerprint density at radius 1 is 0.944 bits per heavy atom. The van der Waals surface area contributed by atoms with Crippen LogP contribution in [0.3, 0.4) is 0 Å². The largest absolute Gasteiger partial charge is 0.352 e. The fourth-order valence-corrected chi connectivity index (χ4v) is 2.79. The van der Waals surface area contributed by atoms with Gasteiger partial charge in [-0.05, 0) is 45.1 Å². The van der Waals surface area contributed by atoms with Crippen LogP contribution in [0.4, 0.5) is 0 Å². The van der Waals surface area contributed by atoms with Crippen molar-refractivity contribution in [1.82, 2.24) is 5.32 Å². The smallest absolute Gasteiger partial charge is 0.169 e. The van der Waals surface area contributed by atoms with Crippen LogP contribution in [-0.4, -0.2) is 32.6 Å². The molecule has 0 amide bonds. The van der Waals surface area contributed by atoms with Crippen LogP contribution < -0.4 is 5.32 Å². The van der Waals surface area contributed by atoms with Crippen molar-refractivity contribution in [3.63, 3.8) is 0 Å². The Morgan fingerprint density at radius 2 is 1.50 bits per heavy atom. The van der Waals surface area contributed by atoms with Gasteiger partial charge in [0.1, 0.15) is 0 Å². The summed E-state index contributed by atoms with van der Waals surface area (Å²) in [6.07, 6.45) is 6.90. The normalized spacial score (nSPS) is 24.7. The summed E-state index contributed by atoms with van der Waals surface area (Å²) in [6, 6.07) is 0. The van der Waals surface area contributed by atoms with E-state index in [-0.39, 0.29) is 6.29 Å². The zero-order valence-electron chi connectivity index (χ0n) is 12.4. The number of hydrogen-bond acceptors (Lipinski definition) is 3. The van der Waals surface area contributed by atoms with Gasteiger partial charge in [-0.2, -0.15) is 0 Å². The van der Waals surface area contributed by atoms with Crippen molar-refractivity contribution in [2.24, 2.45) is 11.8 Å². The molecule has 0 aliphatic heterocycles. The molecule has 1 saturated carbocycles. The highest BCUT2D eigenvalue weighted by atomic mass is 16.7. The van der Waals surface area contributed by atoms with Crippen LogP contribution in [0, 0.1) is 11.8 Å². The molecule has 0 atom stereocenters. The fraction of sp³-hybridized carbons (Fsp3) is 1.00. The van der Waals surface area contributed by atoms with E-state index >= 15 is 0 Å². The van der Waals surface area contributed by atoms with E-state index in [9.17, 15) is 0 Å². The van der Waals surface area contributed by atoms with Crippen LogP contribution in [0.2, 0.25) is 0 Å². The van der Waals surface area contributed by atoms with Gasteiger partial charge in [0.25, 0.3) is 0 Å². The zero-order valence-corrected chi connectivity index (χ0v) is 12.4. The average Bonchev–Trinajstić information content (AvgIpc) is 2.40. The number of ether oxygens (including phenoxy) is 2. The van der Waals surface area contributed by atoms with E-state index in [1.165, 1.54) is 32.1 Å². The van der Waals surface area contributed by atoms with Crippen molar-refractivity contribution in [2.45, 2.75) is 59.2 Å². The molecule has 0 aromatic carbocycles. The molecule has 18 heavy (non-hydrogen) atoms. The summed E-state index contributed by atoms with van der Waals surface area (Å²) in [4.78, 5) is 0. The third-order valence-corrected chi connectivity index (χ3v) is 3.99. The number of rotatable bonds is 9. The Hall–Kier alpha value is -0.120. The van der Waals surface area contributed by atoms with Gasteiger partial charge in [0.05, 0.1) is 0 Å². The van der Waals surface area contributed by atoms with Crippen LogP contribution in [0.1, 0.15) is 52.9 Å². The molecule has 1 aliphatic rings. The van der Waals surface area contributed by atoms with Crippen molar-refractivity contribution in [3.05, 3.63) is 0 Å². The molecule has 0 aromatic heterocycles. The standard InChI is InChI=1S/C15H31NO2/c1-4-13-7-9-14(10-8-13)11-16-12-15(17-5-2)18-6-3/h13-16H,4-12H2,1-3H3. The molecule has 0 bridgehead atoms. The van der Waals surface area contributed by atoms with E-state index < -0.39 is 0 Å². The molecule has 0 saturated heterocycles. The number of nitrogens with one attached hydrogen (secondary N) is 1. The maximum absolute atomic E-state index is 5.52. The first-order valence-electron chi connectivity index (χ1n) is 7.73. The van der Waals surface area contributed by atoms with E-state index in [0.29, 0.717) is 13.2 Å². The molecule has 0 spiro atoms. The Morgan fingerprint density at radius 3 is 2.00 bits per heavy atom. The van der Waals surface area contributed by atoms with Crippen LogP contribution in [0.5, 0.6) is 0 Å². The summed E-state index contributed by atoms with van der Waals surface area (Å²) in [5.74, 6) is 1.84. The first-order valence-corrected chi connectivity index (χ1v) is 7.73. The van der Waals surface area contributed by atoms with Crippen molar-refractivity contribution in [2.75, 3.05) is 26.3 Å². The lowest BCUT2D eigenvalue weighted by atomic mass is 9.81. The summed E-state index contributed by atoms with van der Waals surface area (Å²) < 4.78 is 11.0. The minimum atomic E-state index is -0.0769. The van der Waals surface area contributed by atoms with Gasteiger partial charge in [0, 0.05) is 19.8 Å². The van der Waals surface area contributed by atoms with Gasteiger partial charge in [-0.1, -0.05) is 26.2 Å². The lowest BCUT2D eigenvalue weighted by Crippen LogP contribution is -2.35. The zero-order chi connectivity index (χ0) is 13.2. The van der Waals surface area contributed by atoms with Gasteiger partial charge >= 0.3 is 0 Å². The van der Waals surface area contributed by atoms with Crippen LogP contribution in [-0.2, 0) is 9.47 Å². The van der Waals surface area contributed by atoms with Crippen molar-refractivity contribution >= 4 is 0 Å². The summed E-state index contributed by atoms with van der Waals surface area (Å²) in [7, 11) is 0. The SMILES string of the molecule is CCOC(CNCC1CCC(CC)CC1)OCC. The minimum absolute atomic E-state index is 0.0769. The van der Waals surface area contributed by atoms with Gasteiger partial charge in [-0.15, -0.1) is 0 Å². The second kappa shape index (κ2) is 9.76. The second-order valence-corrected chi connectivity index (χ2v) is 5.29. The summed E-state index contributed by atoms with van der Waals surface area (Å²) in [5.41, 5.74) is 0. The molecule has 1 rings (SSSR count). The molecule has 3 heteroatoms. The van der Waals surface area contributed by atoms with Crippen molar-refractivity contribution in [3.8, 4) is 0 Å². The Labute approximate surface area is 113 Å². The van der Waals surface area contributed by atoms with Gasteiger partial charge in [0.15, 0.2) is 6.29 Å². The molecule has 0 unspecified atom stereocenters. The highest BCUT2D eigenvalue weighted by Gasteiger charge is 2.19. The second-order valence-electron chi connectivity index (χ2n) is 5.29. The molecule has 1 N–H and O–H groups in total. The number of hydrogen-bond donors (Lipinski definition) is 1. The first-order chi connectivity index (χ1) is 8.80. The van der Waals surface area contributed by atoms with E-state index in [1.807, 2.05) is 13.8 Å². The lowest BCUT2D eigenvalue weighted by Gasteiger charge is -2.28. The summed E-state index contributed by atoms with van der Waals surface area (Å²) in [5, 5.41) is 3.51. The Kier molecular flexibility index (Phi) is 8.64. The maximum Gasteiger partial charge on any atom is 0.169 e. The summed E-state index contributed by atoms with van der Waals surface area (Å²) in [6.45, 7) is 9.71. The summed E-state index contributed by atoms with van der Waals surface area (Å²) >= 11 is 0. The van der Waals surface area contributed by atoms with E-state index in [0.717, 1.165) is 24.9 Å². The molecule has 108 valence electrons. The monoisotopic (exact) mass is 257 g/mol. The first kappa shape index (κ1) is 15.9. The van der Waals surface area contributed by atoms with Crippen molar-refractivity contribution in [1.29, 1.82) is 0 Å².